The van der Waals surface area contributed by atoms with Crippen LogP contribution in [0, 0.1) is 6.92 Å². The first-order valence-corrected chi connectivity index (χ1v) is 5.59. The summed E-state index contributed by atoms with van der Waals surface area (Å²) < 4.78 is 0. The fourth-order valence-electron chi connectivity index (χ4n) is 1.76. The molecule has 0 aliphatic carbocycles. The van der Waals surface area contributed by atoms with Crippen molar-refractivity contribution >= 4 is 6.08 Å². The average molecular weight is 208 g/mol. The predicted molar refractivity (Wildman–Crippen MR) is 71.3 cm³/mol. The second kappa shape index (κ2) is 4.80. The van der Waals surface area contributed by atoms with Gasteiger partial charge in [-0.3, -0.25) is 0 Å². The van der Waals surface area contributed by atoms with Crippen molar-refractivity contribution in [1.82, 2.24) is 0 Å². The highest BCUT2D eigenvalue weighted by Gasteiger charge is 1.97. The molecule has 0 spiro atoms. The van der Waals surface area contributed by atoms with Gasteiger partial charge >= 0.3 is 0 Å². The van der Waals surface area contributed by atoms with Gasteiger partial charge in [0.2, 0.25) is 0 Å². The van der Waals surface area contributed by atoms with Crippen molar-refractivity contribution in [3.05, 3.63) is 65.7 Å². The zero-order valence-corrected chi connectivity index (χ0v) is 9.77. The van der Waals surface area contributed by atoms with Crippen LogP contribution < -0.4 is 0 Å². The molecule has 0 nitrogen and oxygen atoms in total. The van der Waals surface area contributed by atoms with Crippen LogP contribution >= 0.6 is 0 Å². The van der Waals surface area contributed by atoms with E-state index in [-0.39, 0.29) is 0 Å². The van der Waals surface area contributed by atoms with E-state index < -0.39 is 0 Å². The van der Waals surface area contributed by atoms with Crippen LogP contribution in [-0.2, 0) is 0 Å². The number of aryl methyl sites for hydroxylation is 1. The molecule has 0 aliphatic rings. The van der Waals surface area contributed by atoms with Crippen molar-refractivity contribution in [2.45, 2.75) is 13.8 Å². The van der Waals surface area contributed by atoms with Crippen molar-refractivity contribution in [3.63, 3.8) is 0 Å². The van der Waals surface area contributed by atoms with Crippen LogP contribution in [0.2, 0.25) is 0 Å². The molecule has 2 aromatic carbocycles. The van der Waals surface area contributed by atoms with Gasteiger partial charge < -0.3 is 0 Å². The monoisotopic (exact) mass is 208 g/mol. The maximum atomic E-state index is 2.21. The van der Waals surface area contributed by atoms with E-state index in [1.54, 1.807) is 0 Å². The Labute approximate surface area is 97.3 Å². The maximum absolute atomic E-state index is 2.21. The van der Waals surface area contributed by atoms with Crippen LogP contribution in [0.15, 0.2) is 54.6 Å². The molecule has 0 saturated heterocycles. The Morgan fingerprint density at radius 2 is 1.62 bits per heavy atom. The molecule has 2 rings (SSSR count). The Kier molecular flexibility index (Phi) is 3.21. The fraction of sp³-hybridized carbons (Fsp3) is 0.125. The van der Waals surface area contributed by atoms with E-state index in [1.807, 2.05) is 6.92 Å². The van der Waals surface area contributed by atoms with Crippen LogP contribution in [0.5, 0.6) is 0 Å². The molecule has 0 unspecified atom stereocenters. The highest BCUT2D eigenvalue weighted by Crippen LogP contribution is 2.21. The Morgan fingerprint density at radius 3 is 2.31 bits per heavy atom. The second-order valence-corrected chi connectivity index (χ2v) is 3.99. The number of hydrogen-bond donors (Lipinski definition) is 0. The third kappa shape index (κ3) is 2.40. The Hall–Kier alpha value is -1.82. The van der Waals surface area contributed by atoms with Crippen LogP contribution in [-0.4, -0.2) is 0 Å². The molecule has 0 heterocycles. The summed E-state index contributed by atoms with van der Waals surface area (Å²) in [6.07, 6.45) is 4.19. The normalized spacial score (nSPS) is 10.9. The smallest absolute Gasteiger partial charge is 0.0178 e. The zero-order valence-electron chi connectivity index (χ0n) is 9.77. The summed E-state index contributed by atoms with van der Waals surface area (Å²) in [5.41, 5.74) is 5.10. The third-order valence-electron chi connectivity index (χ3n) is 2.63. The molecule has 0 radical (unpaired) electrons. The highest BCUT2D eigenvalue weighted by molar-refractivity contribution is 5.67. The number of hydrogen-bond acceptors (Lipinski definition) is 0. The molecule has 0 aliphatic heterocycles. The predicted octanol–water partition coefficient (Wildman–Crippen LogP) is 4.70. The van der Waals surface area contributed by atoms with Gasteiger partial charge in [0.15, 0.2) is 0 Å². The van der Waals surface area contributed by atoms with Gasteiger partial charge in [0.1, 0.15) is 0 Å². The summed E-state index contributed by atoms with van der Waals surface area (Å²) in [7, 11) is 0. The molecule has 2 aromatic rings. The van der Waals surface area contributed by atoms with E-state index >= 15 is 0 Å². The number of rotatable bonds is 2. The van der Waals surface area contributed by atoms with Crippen molar-refractivity contribution in [3.8, 4) is 11.1 Å². The number of allylic oxidation sites excluding steroid dienone is 1. The van der Waals surface area contributed by atoms with Gasteiger partial charge in [0.25, 0.3) is 0 Å². The Bertz CT molecular complexity index is 490. The number of benzene rings is 2. The van der Waals surface area contributed by atoms with Crippen molar-refractivity contribution in [2.24, 2.45) is 0 Å². The summed E-state index contributed by atoms with van der Waals surface area (Å²) in [5.74, 6) is 0. The molecule has 0 fully saturated rings. The van der Waals surface area contributed by atoms with Crippen molar-refractivity contribution < 1.29 is 0 Å². The lowest BCUT2D eigenvalue weighted by Crippen LogP contribution is -1.79. The van der Waals surface area contributed by atoms with Gasteiger partial charge in [-0.2, -0.15) is 0 Å². The van der Waals surface area contributed by atoms with Crippen molar-refractivity contribution in [1.29, 1.82) is 0 Å². The van der Waals surface area contributed by atoms with Crippen LogP contribution in [0.3, 0.4) is 0 Å². The van der Waals surface area contributed by atoms with E-state index in [9.17, 15) is 0 Å². The minimum absolute atomic E-state index is 1.25. The highest BCUT2D eigenvalue weighted by atomic mass is 14.0. The lowest BCUT2D eigenvalue weighted by atomic mass is 10.0. The van der Waals surface area contributed by atoms with Gasteiger partial charge in [-0.05, 0) is 36.6 Å². The third-order valence-corrected chi connectivity index (χ3v) is 2.63. The maximum Gasteiger partial charge on any atom is -0.0178 e. The molecule has 0 atom stereocenters. The van der Waals surface area contributed by atoms with Gasteiger partial charge in [-0.15, -0.1) is 0 Å². The SMILES string of the molecule is C/C=C\c1cccc(-c2ccc(C)cc2)c1. The summed E-state index contributed by atoms with van der Waals surface area (Å²) in [5, 5.41) is 0. The molecular formula is C16H16. The molecule has 0 saturated carbocycles. The quantitative estimate of drug-likeness (QED) is 0.671. The van der Waals surface area contributed by atoms with Gasteiger partial charge in [0.05, 0.1) is 0 Å². The fourth-order valence-corrected chi connectivity index (χ4v) is 1.76. The first-order chi connectivity index (χ1) is 7.79. The van der Waals surface area contributed by atoms with Crippen LogP contribution in [0.1, 0.15) is 18.1 Å². The van der Waals surface area contributed by atoms with E-state index in [1.165, 1.54) is 22.3 Å². The summed E-state index contributed by atoms with van der Waals surface area (Å²) in [4.78, 5) is 0. The minimum Gasteiger partial charge on any atom is -0.0871 e. The topological polar surface area (TPSA) is 0 Å². The average Bonchev–Trinajstić information content (AvgIpc) is 2.31. The Morgan fingerprint density at radius 1 is 0.875 bits per heavy atom. The Balaban J connectivity index is 2.40. The molecule has 0 amide bonds. The first kappa shape index (κ1) is 10.7. The summed E-state index contributed by atoms with van der Waals surface area (Å²) >= 11 is 0. The second-order valence-electron chi connectivity index (χ2n) is 3.99. The molecule has 0 N–H and O–H groups in total. The summed E-state index contributed by atoms with van der Waals surface area (Å²) in [6, 6.07) is 17.2. The zero-order chi connectivity index (χ0) is 11.4. The van der Waals surface area contributed by atoms with Crippen LogP contribution in [0.25, 0.3) is 17.2 Å². The molecular weight excluding hydrogens is 192 g/mol. The van der Waals surface area contributed by atoms with E-state index in [4.69, 9.17) is 0 Å². The van der Waals surface area contributed by atoms with E-state index in [2.05, 4.69) is 67.6 Å². The lowest BCUT2D eigenvalue weighted by Gasteiger charge is -2.03. The van der Waals surface area contributed by atoms with Crippen LogP contribution in [0.4, 0.5) is 0 Å². The van der Waals surface area contributed by atoms with Crippen molar-refractivity contribution in [2.75, 3.05) is 0 Å². The van der Waals surface area contributed by atoms with E-state index in [0.717, 1.165) is 0 Å². The van der Waals surface area contributed by atoms with Gasteiger partial charge in [-0.1, -0.05) is 60.2 Å². The molecule has 0 aromatic heterocycles. The molecule has 0 heteroatoms. The van der Waals surface area contributed by atoms with Gasteiger partial charge in [0, 0.05) is 0 Å². The molecule has 80 valence electrons. The first-order valence-electron chi connectivity index (χ1n) is 5.59. The molecule has 0 bridgehead atoms. The van der Waals surface area contributed by atoms with E-state index in [0.29, 0.717) is 0 Å². The largest absolute Gasteiger partial charge is 0.0871 e. The molecule has 16 heavy (non-hydrogen) atoms. The van der Waals surface area contributed by atoms with Gasteiger partial charge in [-0.25, -0.2) is 0 Å². The minimum atomic E-state index is 1.25. The standard InChI is InChI=1S/C16H16/c1-3-5-14-6-4-7-16(12-14)15-10-8-13(2)9-11-15/h3-12H,1-2H3/b5-3-. The summed E-state index contributed by atoms with van der Waals surface area (Å²) in [6.45, 7) is 4.15. The lowest BCUT2D eigenvalue weighted by molar-refractivity contribution is 1.47.